The van der Waals surface area contributed by atoms with Crippen molar-refractivity contribution in [2.24, 2.45) is 0 Å². The van der Waals surface area contributed by atoms with E-state index in [0.29, 0.717) is 12.2 Å². The molecule has 1 saturated heterocycles. The number of carbonyl (C=O) groups excluding carboxylic acids is 1. The monoisotopic (exact) mass is 377 g/mol. The van der Waals surface area contributed by atoms with Gasteiger partial charge in [-0.1, -0.05) is 11.2 Å². The maximum Gasteiger partial charge on any atom is 0.227 e. The highest BCUT2D eigenvalue weighted by Crippen LogP contribution is 2.34. The Balaban J connectivity index is 1.63. The van der Waals surface area contributed by atoms with Gasteiger partial charge >= 0.3 is 0 Å². The van der Waals surface area contributed by atoms with Crippen LogP contribution in [0.4, 0.5) is 0 Å². The highest BCUT2D eigenvalue weighted by atomic mass is 16.5. The van der Waals surface area contributed by atoms with Crippen LogP contribution in [0.2, 0.25) is 0 Å². The molecule has 1 fully saturated rings. The molecule has 0 radical (unpaired) electrons. The van der Waals surface area contributed by atoms with Gasteiger partial charge in [0.1, 0.15) is 11.6 Å². The lowest BCUT2D eigenvalue weighted by Crippen LogP contribution is -2.32. The van der Waals surface area contributed by atoms with Gasteiger partial charge in [0.05, 0.1) is 35.1 Å². The normalized spacial score (nSPS) is 16.5. The summed E-state index contributed by atoms with van der Waals surface area (Å²) < 4.78 is 5.30. The van der Waals surface area contributed by atoms with E-state index in [0.717, 1.165) is 53.4 Å². The summed E-state index contributed by atoms with van der Waals surface area (Å²) in [4.78, 5) is 28.2. The first kappa shape index (κ1) is 18.3. The van der Waals surface area contributed by atoms with Crippen LogP contribution in [0.1, 0.15) is 47.4 Å². The predicted molar refractivity (Wildman–Crippen MR) is 103 cm³/mol. The molecular formula is C21H23N5O2. The van der Waals surface area contributed by atoms with E-state index in [4.69, 9.17) is 4.52 Å². The fourth-order valence-corrected chi connectivity index (χ4v) is 3.89. The van der Waals surface area contributed by atoms with Crippen LogP contribution in [0.3, 0.4) is 0 Å². The number of pyridine rings is 1. The minimum Gasteiger partial charge on any atom is -0.361 e. The molecule has 0 spiro atoms. The second-order valence-corrected chi connectivity index (χ2v) is 7.21. The molecule has 144 valence electrons. The Bertz CT molecular complexity index is 980. The van der Waals surface area contributed by atoms with Gasteiger partial charge in [-0.25, -0.2) is 9.97 Å². The number of aromatic nitrogens is 4. The number of carbonyl (C=O) groups is 1. The third kappa shape index (κ3) is 3.52. The predicted octanol–water partition coefficient (Wildman–Crippen LogP) is 3.36. The first-order valence-corrected chi connectivity index (χ1v) is 9.50. The Kier molecular flexibility index (Phi) is 4.90. The van der Waals surface area contributed by atoms with Crippen LogP contribution in [-0.2, 0) is 11.2 Å². The number of likely N-dealkylation sites (tertiary alicyclic amines) is 1. The Hall–Kier alpha value is -3.09. The molecule has 0 N–H and O–H groups in total. The Morgan fingerprint density at radius 3 is 2.86 bits per heavy atom. The third-order valence-electron chi connectivity index (χ3n) is 5.14. The summed E-state index contributed by atoms with van der Waals surface area (Å²) in [5, 5.41) is 4.03. The van der Waals surface area contributed by atoms with Crippen molar-refractivity contribution >= 4 is 5.91 Å². The summed E-state index contributed by atoms with van der Waals surface area (Å²) in [6, 6.07) is 5.72. The summed E-state index contributed by atoms with van der Waals surface area (Å²) in [6.07, 6.45) is 5.68. The van der Waals surface area contributed by atoms with Gasteiger partial charge in [-0.2, -0.15) is 0 Å². The average molecular weight is 377 g/mol. The van der Waals surface area contributed by atoms with E-state index in [2.05, 4.69) is 20.1 Å². The minimum absolute atomic E-state index is 0.0370. The van der Waals surface area contributed by atoms with Crippen molar-refractivity contribution in [2.75, 3.05) is 6.54 Å². The van der Waals surface area contributed by atoms with Gasteiger partial charge in [0, 0.05) is 18.9 Å². The second-order valence-electron chi connectivity index (χ2n) is 7.21. The molecule has 4 rings (SSSR count). The van der Waals surface area contributed by atoms with E-state index in [1.165, 1.54) is 0 Å². The molecule has 7 nitrogen and oxygen atoms in total. The van der Waals surface area contributed by atoms with Crippen LogP contribution in [0, 0.1) is 20.8 Å². The maximum atomic E-state index is 12.9. The number of aryl methyl sites for hydroxylation is 3. The molecule has 7 heteroatoms. The molecular weight excluding hydrogens is 354 g/mol. The fourth-order valence-electron chi connectivity index (χ4n) is 3.89. The summed E-state index contributed by atoms with van der Waals surface area (Å²) in [5.41, 5.74) is 4.30. The largest absolute Gasteiger partial charge is 0.361 e. The van der Waals surface area contributed by atoms with Crippen LogP contribution < -0.4 is 0 Å². The Morgan fingerprint density at radius 2 is 2.14 bits per heavy atom. The van der Waals surface area contributed by atoms with Crippen LogP contribution in [0.5, 0.6) is 0 Å². The molecule has 0 aromatic carbocycles. The van der Waals surface area contributed by atoms with Gasteiger partial charge < -0.3 is 9.42 Å². The summed E-state index contributed by atoms with van der Waals surface area (Å²) in [6.45, 7) is 6.41. The van der Waals surface area contributed by atoms with Gasteiger partial charge in [0.25, 0.3) is 0 Å². The standard InChI is InChI=1S/C21H23N5O2/c1-13-21(14(2)28-25-13)18-11-17(23-15(3)24-18)19-7-5-9-26(19)20(27)10-16-6-4-8-22-12-16/h4,6,8,11-12,19H,5,7,9-10H2,1-3H3. The quantitative estimate of drug-likeness (QED) is 0.693. The zero-order chi connectivity index (χ0) is 19.7. The van der Waals surface area contributed by atoms with Crippen LogP contribution in [-0.4, -0.2) is 37.5 Å². The molecule has 4 heterocycles. The van der Waals surface area contributed by atoms with Gasteiger partial charge in [-0.15, -0.1) is 0 Å². The first-order chi connectivity index (χ1) is 13.5. The molecule has 1 atom stereocenters. The average Bonchev–Trinajstić information content (AvgIpc) is 3.29. The van der Waals surface area contributed by atoms with Crippen molar-refractivity contribution in [3.05, 3.63) is 59.1 Å². The fraction of sp³-hybridized carbons (Fsp3) is 0.381. The number of rotatable bonds is 4. The van der Waals surface area contributed by atoms with Crippen molar-refractivity contribution in [2.45, 2.75) is 46.1 Å². The highest BCUT2D eigenvalue weighted by molar-refractivity contribution is 5.79. The van der Waals surface area contributed by atoms with Crippen LogP contribution >= 0.6 is 0 Å². The summed E-state index contributed by atoms with van der Waals surface area (Å²) in [5.74, 6) is 1.52. The molecule has 0 aliphatic carbocycles. The van der Waals surface area contributed by atoms with E-state index in [-0.39, 0.29) is 11.9 Å². The van der Waals surface area contributed by atoms with Gasteiger partial charge in [0.15, 0.2) is 0 Å². The van der Waals surface area contributed by atoms with Gasteiger partial charge in [-0.05, 0) is 51.3 Å². The van der Waals surface area contributed by atoms with E-state index in [1.54, 1.807) is 12.4 Å². The van der Waals surface area contributed by atoms with Gasteiger partial charge in [-0.3, -0.25) is 9.78 Å². The van der Waals surface area contributed by atoms with Crippen molar-refractivity contribution in [3.63, 3.8) is 0 Å². The molecule has 1 aliphatic heterocycles. The molecule has 1 unspecified atom stereocenters. The summed E-state index contributed by atoms with van der Waals surface area (Å²) in [7, 11) is 0. The molecule has 1 aliphatic rings. The van der Waals surface area contributed by atoms with Gasteiger partial charge in [0.2, 0.25) is 5.91 Å². The Labute approximate surface area is 163 Å². The van der Waals surface area contributed by atoms with Crippen molar-refractivity contribution < 1.29 is 9.32 Å². The third-order valence-corrected chi connectivity index (χ3v) is 5.14. The first-order valence-electron chi connectivity index (χ1n) is 9.50. The van der Waals surface area contributed by atoms with Crippen molar-refractivity contribution in [1.29, 1.82) is 0 Å². The lowest BCUT2D eigenvalue weighted by atomic mass is 10.1. The zero-order valence-electron chi connectivity index (χ0n) is 16.3. The lowest BCUT2D eigenvalue weighted by molar-refractivity contribution is -0.131. The second kappa shape index (κ2) is 7.50. The molecule has 3 aromatic rings. The zero-order valence-corrected chi connectivity index (χ0v) is 16.3. The van der Waals surface area contributed by atoms with Crippen molar-refractivity contribution in [1.82, 2.24) is 25.0 Å². The minimum atomic E-state index is -0.0370. The van der Waals surface area contributed by atoms with E-state index < -0.39 is 0 Å². The molecule has 0 bridgehead atoms. The number of amides is 1. The maximum absolute atomic E-state index is 12.9. The SMILES string of the molecule is Cc1nc(-c2c(C)noc2C)cc(C2CCCN2C(=O)Cc2cccnc2)n1. The lowest BCUT2D eigenvalue weighted by Gasteiger charge is -2.25. The topological polar surface area (TPSA) is 85.0 Å². The molecule has 0 saturated carbocycles. The highest BCUT2D eigenvalue weighted by Gasteiger charge is 2.31. The van der Waals surface area contributed by atoms with Crippen LogP contribution in [0.15, 0.2) is 35.1 Å². The molecule has 28 heavy (non-hydrogen) atoms. The number of hydrogen-bond acceptors (Lipinski definition) is 6. The number of hydrogen-bond donors (Lipinski definition) is 0. The molecule has 3 aromatic heterocycles. The van der Waals surface area contributed by atoms with E-state index >= 15 is 0 Å². The van der Waals surface area contributed by atoms with Crippen LogP contribution in [0.25, 0.3) is 11.3 Å². The smallest absolute Gasteiger partial charge is 0.227 e. The van der Waals surface area contributed by atoms with E-state index in [1.807, 2.05) is 43.9 Å². The van der Waals surface area contributed by atoms with Crippen molar-refractivity contribution in [3.8, 4) is 11.3 Å². The Morgan fingerprint density at radius 1 is 1.29 bits per heavy atom. The molecule has 1 amide bonds. The summed E-state index contributed by atoms with van der Waals surface area (Å²) >= 11 is 0. The van der Waals surface area contributed by atoms with E-state index in [9.17, 15) is 4.79 Å². The number of nitrogens with zero attached hydrogens (tertiary/aromatic N) is 5.